The van der Waals surface area contributed by atoms with Crippen LogP contribution >= 0.6 is 0 Å². The molecule has 0 unspecified atom stereocenters. The zero-order chi connectivity index (χ0) is 15.4. The Hall–Kier alpha value is -2.63. The first-order valence-corrected chi connectivity index (χ1v) is 6.53. The number of para-hydroxylation sites is 1. The van der Waals surface area contributed by atoms with Crippen molar-refractivity contribution in [3.8, 4) is 0 Å². The minimum Gasteiger partial charge on any atom is -0.481 e. The minimum absolute atomic E-state index is 0.0664. The molecule has 0 aliphatic heterocycles. The molecule has 110 valence electrons. The van der Waals surface area contributed by atoms with Crippen molar-refractivity contribution in [2.45, 2.75) is 13.0 Å². The van der Waals surface area contributed by atoms with Crippen molar-refractivity contribution in [1.82, 2.24) is 9.47 Å². The fourth-order valence-electron chi connectivity index (χ4n) is 2.05. The van der Waals surface area contributed by atoms with Gasteiger partial charge in [0, 0.05) is 31.2 Å². The summed E-state index contributed by atoms with van der Waals surface area (Å²) in [5.74, 6) is -1.14. The summed E-state index contributed by atoms with van der Waals surface area (Å²) in [6.07, 6.45) is 1.49. The van der Waals surface area contributed by atoms with E-state index >= 15 is 0 Å². The Kier molecular flexibility index (Phi) is 4.37. The van der Waals surface area contributed by atoms with Gasteiger partial charge in [0.25, 0.3) is 0 Å². The second-order valence-electron chi connectivity index (χ2n) is 4.78. The van der Waals surface area contributed by atoms with Gasteiger partial charge < -0.3 is 14.6 Å². The van der Waals surface area contributed by atoms with Crippen LogP contribution < -0.4 is 5.43 Å². The molecule has 6 nitrogen and oxygen atoms in total. The number of carboxylic acids is 1. The predicted molar refractivity (Wildman–Crippen MR) is 78.1 cm³/mol. The van der Waals surface area contributed by atoms with Crippen molar-refractivity contribution in [3.05, 3.63) is 46.8 Å². The number of benzene rings is 1. The number of rotatable bonds is 5. The van der Waals surface area contributed by atoms with Gasteiger partial charge in [0.15, 0.2) is 5.43 Å². The van der Waals surface area contributed by atoms with E-state index < -0.39 is 5.97 Å². The first-order chi connectivity index (χ1) is 9.99. The standard InChI is InChI=1S/C15H16N2O4/c1-16(8-7-15(20)21)14(19)10-17-9-6-13(18)11-4-2-3-5-12(11)17/h2-6,9H,7-8,10H2,1H3,(H,20,21). The summed E-state index contributed by atoms with van der Waals surface area (Å²) >= 11 is 0. The molecular formula is C15H16N2O4. The average molecular weight is 288 g/mol. The Morgan fingerprint density at radius 2 is 1.95 bits per heavy atom. The molecule has 0 saturated heterocycles. The number of likely N-dealkylation sites (N-methyl/N-ethyl adjacent to an activating group) is 1. The third-order valence-corrected chi connectivity index (χ3v) is 3.28. The molecule has 0 radical (unpaired) electrons. The van der Waals surface area contributed by atoms with Crippen molar-refractivity contribution in [3.63, 3.8) is 0 Å². The molecule has 1 amide bonds. The molecule has 1 N–H and O–H groups in total. The van der Waals surface area contributed by atoms with E-state index in [9.17, 15) is 14.4 Å². The molecule has 0 aliphatic rings. The third-order valence-electron chi connectivity index (χ3n) is 3.28. The first kappa shape index (κ1) is 14.8. The van der Waals surface area contributed by atoms with Gasteiger partial charge in [-0.1, -0.05) is 12.1 Å². The highest BCUT2D eigenvalue weighted by molar-refractivity contribution is 5.82. The largest absolute Gasteiger partial charge is 0.481 e. The van der Waals surface area contributed by atoms with E-state index in [-0.39, 0.29) is 30.8 Å². The van der Waals surface area contributed by atoms with E-state index in [1.165, 1.54) is 11.0 Å². The van der Waals surface area contributed by atoms with Gasteiger partial charge in [0.05, 0.1) is 11.9 Å². The van der Waals surface area contributed by atoms with Crippen molar-refractivity contribution in [2.24, 2.45) is 0 Å². The highest BCUT2D eigenvalue weighted by Crippen LogP contribution is 2.09. The zero-order valence-corrected chi connectivity index (χ0v) is 11.7. The van der Waals surface area contributed by atoms with Gasteiger partial charge >= 0.3 is 5.97 Å². The van der Waals surface area contributed by atoms with Crippen molar-refractivity contribution < 1.29 is 14.7 Å². The molecule has 0 spiro atoms. The van der Waals surface area contributed by atoms with Gasteiger partial charge in [-0.3, -0.25) is 14.4 Å². The summed E-state index contributed by atoms with van der Waals surface area (Å²) in [6.45, 7) is 0.225. The van der Waals surface area contributed by atoms with Crippen LogP contribution in [0.4, 0.5) is 0 Å². The Balaban J connectivity index is 2.20. The molecule has 2 aromatic rings. The number of carbonyl (C=O) groups is 2. The van der Waals surface area contributed by atoms with Gasteiger partial charge in [-0.15, -0.1) is 0 Å². The Morgan fingerprint density at radius 1 is 1.24 bits per heavy atom. The molecule has 0 bridgehead atoms. The second kappa shape index (κ2) is 6.21. The molecule has 21 heavy (non-hydrogen) atoms. The molecule has 0 aliphatic carbocycles. The predicted octanol–water partition coefficient (Wildman–Crippen LogP) is 0.935. The number of aromatic nitrogens is 1. The van der Waals surface area contributed by atoms with E-state index in [1.54, 1.807) is 42.1 Å². The molecule has 0 saturated carbocycles. The van der Waals surface area contributed by atoms with Gasteiger partial charge in [0.1, 0.15) is 6.54 Å². The fraction of sp³-hybridized carbons (Fsp3) is 0.267. The summed E-state index contributed by atoms with van der Waals surface area (Å²) in [5, 5.41) is 9.18. The second-order valence-corrected chi connectivity index (χ2v) is 4.78. The quantitative estimate of drug-likeness (QED) is 0.887. The lowest BCUT2D eigenvalue weighted by molar-refractivity contribution is -0.138. The Bertz CT molecular complexity index is 736. The molecule has 0 atom stereocenters. The van der Waals surface area contributed by atoms with Crippen LogP contribution in [-0.4, -0.2) is 40.0 Å². The summed E-state index contributed by atoms with van der Waals surface area (Å²) < 4.78 is 1.69. The van der Waals surface area contributed by atoms with E-state index in [0.29, 0.717) is 10.9 Å². The molecule has 1 aromatic heterocycles. The number of pyridine rings is 1. The Labute approximate surface area is 121 Å². The van der Waals surface area contributed by atoms with Crippen LogP contribution in [-0.2, 0) is 16.1 Å². The molecular weight excluding hydrogens is 272 g/mol. The van der Waals surface area contributed by atoms with Crippen molar-refractivity contribution in [1.29, 1.82) is 0 Å². The zero-order valence-electron chi connectivity index (χ0n) is 11.7. The number of nitrogens with zero attached hydrogens (tertiary/aromatic N) is 2. The number of fused-ring (bicyclic) bond motifs is 1. The fourth-order valence-corrected chi connectivity index (χ4v) is 2.05. The van der Waals surface area contributed by atoms with Crippen LogP contribution in [0.5, 0.6) is 0 Å². The number of amides is 1. The van der Waals surface area contributed by atoms with Crippen LogP contribution in [0.3, 0.4) is 0 Å². The number of carboxylic acid groups (broad SMARTS) is 1. The monoisotopic (exact) mass is 288 g/mol. The topological polar surface area (TPSA) is 79.6 Å². The van der Waals surface area contributed by atoms with E-state index in [2.05, 4.69) is 0 Å². The first-order valence-electron chi connectivity index (χ1n) is 6.53. The van der Waals surface area contributed by atoms with Gasteiger partial charge in [-0.2, -0.15) is 0 Å². The number of carbonyl (C=O) groups excluding carboxylic acids is 1. The number of hydrogen-bond donors (Lipinski definition) is 1. The summed E-state index contributed by atoms with van der Waals surface area (Å²) in [6, 6.07) is 8.49. The summed E-state index contributed by atoms with van der Waals surface area (Å²) in [4.78, 5) is 35.7. The highest BCUT2D eigenvalue weighted by Gasteiger charge is 2.12. The van der Waals surface area contributed by atoms with Gasteiger partial charge in [-0.25, -0.2) is 0 Å². The maximum absolute atomic E-state index is 12.1. The number of aliphatic carboxylic acids is 1. The maximum Gasteiger partial charge on any atom is 0.305 e. The van der Waals surface area contributed by atoms with Crippen LogP contribution in [0.2, 0.25) is 0 Å². The molecule has 1 aromatic carbocycles. The Morgan fingerprint density at radius 3 is 2.67 bits per heavy atom. The lowest BCUT2D eigenvalue weighted by Gasteiger charge is -2.18. The average Bonchev–Trinajstić information content (AvgIpc) is 2.47. The SMILES string of the molecule is CN(CCC(=O)O)C(=O)Cn1ccc(=O)c2ccccc21. The van der Waals surface area contributed by atoms with Crippen LogP contribution in [0.25, 0.3) is 10.9 Å². The van der Waals surface area contributed by atoms with Gasteiger partial charge in [-0.05, 0) is 12.1 Å². The van der Waals surface area contributed by atoms with Gasteiger partial charge in [0.2, 0.25) is 5.91 Å². The smallest absolute Gasteiger partial charge is 0.305 e. The molecule has 2 rings (SSSR count). The van der Waals surface area contributed by atoms with E-state index in [1.807, 2.05) is 0 Å². The van der Waals surface area contributed by atoms with Crippen molar-refractivity contribution in [2.75, 3.05) is 13.6 Å². The lowest BCUT2D eigenvalue weighted by Crippen LogP contribution is -2.32. The van der Waals surface area contributed by atoms with Crippen LogP contribution in [0.15, 0.2) is 41.3 Å². The minimum atomic E-state index is -0.941. The number of hydrogen-bond acceptors (Lipinski definition) is 3. The maximum atomic E-state index is 12.1. The summed E-state index contributed by atoms with van der Waals surface area (Å²) in [7, 11) is 1.57. The third kappa shape index (κ3) is 3.47. The molecule has 1 heterocycles. The summed E-state index contributed by atoms with van der Waals surface area (Å²) in [5.41, 5.74) is 0.596. The highest BCUT2D eigenvalue weighted by atomic mass is 16.4. The van der Waals surface area contributed by atoms with E-state index in [0.717, 1.165) is 0 Å². The van der Waals surface area contributed by atoms with E-state index in [4.69, 9.17) is 5.11 Å². The van der Waals surface area contributed by atoms with Crippen molar-refractivity contribution >= 4 is 22.8 Å². The lowest BCUT2D eigenvalue weighted by atomic mass is 10.2. The van der Waals surface area contributed by atoms with Crippen LogP contribution in [0.1, 0.15) is 6.42 Å². The normalized spacial score (nSPS) is 10.5. The molecule has 6 heteroatoms. The molecule has 0 fully saturated rings. The van der Waals surface area contributed by atoms with Crippen LogP contribution in [0, 0.1) is 0 Å².